The molecule has 0 radical (unpaired) electrons. The van der Waals surface area contributed by atoms with E-state index in [1.54, 1.807) is 24.5 Å². The molecule has 0 saturated heterocycles. The topological polar surface area (TPSA) is 87.2 Å². The Hall–Kier alpha value is -2.50. The summed E-state index contributed by atoms with van der Waals surface area (Å²) in [5.74, 6) is 0.857. The Balaban J connectivity index is 1.91. The summed E-state index contributed by atoms with van der Waals surface area (Å²) in [4.78, 5) is 18.8. The molecule has 2 aromatic rings. The van der Waals surface area contributed by atoms with Gasteiger partial charge in [0.15, 0.2) is 11.5 Å². The number of benzene rings is 1. The predicted octanol–water partition coefficient (Wildman–Crippen LogP) is 1.10. The van der Waals surface area contributed by atoms with Gasteiger partial charge < -0.3 is 20.1 Å². The number of hydrogen-bond donors (Lipinski definition) is 3. The number of nitrogens with zero attached hydrogens (tertiary/aromatic N) is 1. The molecular formula is C13H15N3O3. The number of aromatic amines is 1. The van der Waals surface area contributed by atoms with Gasteiger partial charge in [0.25, 0.3) is 5.91 Å². The van der Waals surface area contributed by atoms with Gasteiger partial charge in [-0.3, -0.25) is 4.79 Å². The summed E-state index contributed by atoms with van der Waals surface area (Å²) in [7, 11) is 1.46. The van der Waals surface area contributed by atoms with E-state index < -0.39 is 0 Å². The van der Waals surface area contributed by atoms with Gasteiger partial charge in [0, 0.05) is 30.9 Å². The van der Waals surface area contributed by atoms with Gasteiger partial charge in [-0.25, -0.2) is 4.98 Å². The molecule has 0 spiro atoms. The fourth-order valence-corrected chi connectivity index (χ4v) is 1.66. The van der Waals surface area contributed by atoms with E-state index in [4.69, 9.17) is 4.74 Å². The largest absolute Gasteiger partial charge is 0.504 e. The quantitative estimate of drug-likeness (QED) is 0.752. The van der Waals surface area contributed by atoms with Crippen molar-refractivity contribution >= 4 is 5.91 Å². The molecule has 100 valence electrons. The first kappa shape index (κ1) is 12.9. The van der Waals surface area contributed by atoms with E-state index in [-0.39, 0.29) is 11.7 Å². The number of aromatic nitrogens is 2. The summed E-state index contributed by atoms with van der Waals surface area (Å²) >= 11 is 0. The fraction of sp³-hybridized carbons (Fsp3) is 0.231. The van der Waals surface area contributed by atoms with Crippen LogP contribution in [0.15, 0.2) is 30.6 Å². The van der Waals surface area contributed by atoms with E-state index in [0.29, 0.717) is 24.3 Å². The number of aromatic hydroxyl groups is 1. The molecule has 1 aromatic heterocycles. The van der Waals surface area contributed by atoms with Crippen molar-refractivity contribution in [2.45, 2.75) is 6.42 Å². The minimum Gasteiger partial charge on any atom is -0.504 e. The van der Waals surface area contributed by atoms with Crippen molar-refractivity contribution < 1.29 is 14.6 Å². The highest BCUT2D eigenvalue weighted by molar-refractivity contribution is 5.94. The molecule has 1 aromatic carbocycles. The fourth-order valence-electron chi connectivity index (χ4n) is 1.66. The third-order valence-electron chi connectivity index (χ3n) is 2.64. The van der Waals surface area contributed by atoms with Crippen LogP contribution < -0.4 is 10.1 Å². The molecule has 0 aliphatic rings. The number of carbonyl (C=O) groups is 1. The van der Waals surface area contributed by atoms with E-state index in [1.807, 2.05) is 0 Å². The van der Waals surface area contributed by atoms with Crippen LogP contribution >= 0.6 is 0 Å². The van der Waals surface area contributed by atoms with E-state index in [9.17, 15) is 9.90 Å². The zero-order valence-electron chi connectivity index (χ0n) is 10.5. The first-order chi connectivity index (χ1) is 9.20. The number of nitrogens with one attached hydrogen (secondary N) is 2. The van der Waals surface area contributed by atoms with Crippen molar-refractivity contribution in [3.63, 3.8) is 0 Å². The average Bonchev–Trinajstić information content (AvgIpc) is 2.91. The van der Waals surface area contributed by atoms with Crippen LogP contribution in [-0.4, -0.2) is 34.6 Å². The maximum atomic E-state index is 11.8. The van der Waals surface area contributed by atoms with Crippen molar-refractivity contribution in [1.82, 2.24) is 15.3 Å². The van der Waals surface area contributed by atoms with Crippen LogP contribution in [0.3, 0.4) is 0 Å². The van der Waals surface area contributed by atoms with Gasteiger partial charge in [-0.2, -0.15) is 0 Å². The Labute approximate surface area is 110 Å². The molecule has 0 fully saturated rings. The Morgan fingerprint density at radius 2 is 2.37 bits per heavy atom. The number of rotatable bonds is 5. The molecule has 0 saturated carbocycles. The summed E-state index contributed by atoms with van der Waals surface area (Å²) in [6.07, 6.45) is 4.03. The van der Waals surface area contributed by atoms with Crippen molar-refractivity contribution in [3.8, 4) is 11.5 Å². The molecule has 0 atom stereocenters. The maximum Gasteiger partial charge on any atom is 0.251 e. The first-order valence-electron chi connectivity index (χ1n) is 5.84. The minimum atomic E-state index is -0.246. The monoisotopic (exact) mass is 261 g/mol. The van der Waals surface area contributed by atoms with Gasteiger partial charge in [-0.1, -0.05) is 0 Å². The molecule has 2 rings (SSSR count). The number of carbonyl (C=O) groups excluding carboxylic acids is 1. The highest BCUT2D eigenvalue weighted by atomic mass is 16.5. The van der Waals surface area contributed by atoms with Crippen LogP contribution in [0.2, 0.25) is 0 Å². The van der Waals surface area contributed by atoms with Crippen LogP contribution in [0.1, 0.15) is 16.2 Å². The second-order valence-electron chi connectivity index (χ2n) is 3.93. The van der Waals surface area contributed by atoms with E-state index in [0.717, 1.165) is 5.82 Å². The Bertz CT molecular complexity index is 552. The number of ether oxygens (including phenoxy) is 1. The van der Waals surface area contributed by atoms with Gasteiger partial charge in [0.05, 0.1) is 7.11 Å². The van der Waals surface area contributed by atoms with Crippen LogP contribution in [-0.2, 0) is 6.42 Å². The first-order valence-corrected chi connectivity index (χ1v) is 5.84. The van der Waals surface area contributed by atoms with E-state index in [1.165, 1.54) is 13.2 Å². The number of phenolic OH excluding ortho intramolecular Hbond substituents is 1. The molecule has 0 bridgehead atoms. The highest BCUT2D eigenvalue weighted by Gasteiger charge is 2.09. The summed E-state index contributed by atoms with van der Waals surface area (Å²) in [6, 6.07) is 4.53. The van der Waals surface area contributed by atoms with Crippen molar-refractivity contribution in [3.05, 3.63) is 42.0 Å². The number of methoxy groups -OCH3 is 1. The Morgan fingerprint density at radius 1 is 1.53 bits per heavy atom. The van der Waals surface area contributed by atoms with Gasteiger partial charge in [-0.05, 0) is 18.2 Å². The van der Waals surface area contributed by atoms with E-state index >= 15 is 0 Å². The maximum absolute atomic E-state index is 11.8. The molecule has 0 aliphatic heterocycles. The predicted molar refractivity (Wildman–Crippen MR) is 69.3 cm³/mol. The molecule has 3 N–H and O–H groups in total. The summed E-state index contributed by atoms with van der Waals surface area (Å²) in [6.45, 7) is 0.471. The molecule has 19 heavy (non-hydrogen) atoms. The second kappa shape index (κ2) is 5.90. The number of imidazole rings is 1. The van der Waals surface area contributed by atoms with Crippen LogP contribution in [0.5, 0.6) is 11.5 Å². The lowest BCUT2D eigenvalue weighted by atomic mass is 10.2. The Morgan fingerprint density at radius 3 is 3.00 bits per heavy atom. The highest BCUT2D eigenvalue weighted by Crippen LogP contribution is 2.25. The smallest absolute Gasteiger partial charge is 0.251 e. The Kier molecular flexibility index (Phi) is 4.02. The van der Waals surface area contributed by atoms with Gasteiger partial charge in [0.1, 0.15) is 5.82 Å². The number of H-pyrrole nitrogens is 1. The molecule has 6 heteroatoms. The van der Waals surface area contributed by atoms with Crippen LogP contribution in [0.4, 0.5) is 0 Å². The molecular weight excluding hydrogens is 246 g/mol. The molecule has 0 aliphatic carbocycles. The lowest BCUT2D eigenvalue weighted by Crippen LogP contribution is -2.25. The third kappa shape index (κ3) is 3.25. The SMILES string of the molecule is COc1ccc(C(=O)NCCc2ncc[nH]2)cc1O. The molecule has 1 heterocycles. The lowest BCUT2D eigenvalue weighted by molar-refractivity contribution is 0.0953. The van der Waals surface area contributed by atoms with E-state index in [2.05, 4.69) is 15.3 Å². The van der Waals surface area contributed by atoms with Crippen molar-refractivity contribution in [2.75, 3.05) is 13.7 Å². The van der Waals surface area contributed by atoms with Crippen LogP contribution in [0, 0.1) is 0 Å². The number of amides is 1. The third-order valence-corrected chi connectivity index (χ3v) is 2.64. The number of hydrogen-bond acceptors (Lipinski definition) is 4. The summed E-state index contributed by atoms with van der Waals surface area (Å²) in [5.41, 5.74) is 0.387. The van der Waals surface area contributed by atoms with Gasteiger partial charge >= 0.3 is 0 Å². The van der Waals surface area contributed by atoms with Crippen LogP contribution in [0.25, 0.3) is 0 Å². The van der Waals surface area contributed by atoms with Crippen molar-refractivity contribution in [2.24, 2.45) is 0 Å². The zero-order chi connectivity index (χ0) is 13.7. The molecule has 1 amide bonds. The van der Waals surface area contributed by atoms with Gasteiger partial charge in [0.2, 0.25) is 0 Å². The average molecular weight is 261 g/mol. The lowest BCUT2D eigenvalue weighted by Gasteiger charge is -2.07. The molecule has 6 nitrogen and oxygen atoms in total. The summed E-state index contributed by atoms with van der Waals surface area (Å²) < 4.78 is 4.92. The van der Waals surface area contributed by atoms with Crippen molar-refractivity contribution in [1.29, 1.82) is 0 Å². The number of phenols is 1. The zero-order valence-corrected chi connectivity index (χ0v) is 10.5. The molecule has 0 unspecified atom stereocenters. The second-order valence-corrected chi connectivity index (χ2v) is 3.93. The standard InChI is InChI=1S/C13H15N3O3/c1-19-11-3-2-9(8-10(11)17)13(18)16-5-4-12-14-6-7-15-12/h2-3,6-8,17H,4-5H2,1H3,(H,14,15)(H,16,18). The van der Waals surface area contributed by atoms with Gasteiger partial charge in [-0.15, -0.1) is 0 Å². The minimum absolute atomic E-state index is 0.0545. The summed E-state index contributed by atoms with van der Waals surface area (Å²) in [5, 5.41) is 12.3. The normalized spacial score (nSPS) is 10.2.